The van der Waals surface area contributed by atoms with Crippen molar-refractivity contribution >= 4 is 44.5 Å². The van der Waals surface area contributed by atoms with Crippen LogP contribution < -0.4 is 25.4 Å². The highest BCUT2D eigenvalue weighted by Crippen LogP contribution is 2.40. The van der Waals surface area contributed by atoms with Crippen LogP contribution in [0.25, 0.3) is 5.70 Å². The Morgan fingerprint density at radius 3 is 2.76 bits per heavy atom. The summed E-state index contributed by atoms with van der Waals surface area (Å²) in [6, 6.07) is 11.4. The van der Waals surface area contributed by atoms with Gasteiger partial charge in [-0.05, 0) is 31.5 Å². The van der Waals surface area contributed by atoms with Crippen LogP contribution in [0.2, 0.25) is 0 Å². The summed E-state index contributed by atoms with van der Waals surface area (Å²) in [6.45, 7) is 4.60. The van der Waals surface area contributed by atoms with Crippen molar-refractivity contribution in [1.82, 2.24) is 10.3 Å². The number of thioether (sulfide) groups is 1. The van der Waals surface area contributed by atoms with Crippen LogP contribution in [-0.4, -0.2) is 35.6 Å². The molecular formula is C24H27BrN4O3S. The first-order chi connectivity index (χ1) is 16.1. The van der Waals surface area contributed by atoms with E-state index >= 15 is 0 Å². The van der Waals surface area contributed by atoms with Gasteiger partial charge in [0.15, 0.2) is 22.8 Å². The predicted octanol–water partition coefficient (Wildman–Crippen LogP) is 3.92. The maximum atomic E-state index is 13.2. The number of amides is 1. The first-order valence-corrected chi connectivity index (χ1v) is 12.8. The van der Waals surface area contributed by atoms with Gasteiger partial charge in [-0.3, -0.25) is 15.1 Å². The number of ether oxygens (including phenoxy) is 2. The molecule has 0 radical (unpaired) electrons. The summed E-state index contributed by atoms with van der Waals surface area (Å²) < 4.78 is 12.1. The van der Waals surface area contributed by atoms with E-state index in [1.54, 1.807) is 23.9 Å². The summed E-state index contributed by atoms with van der Waals surface area (Å²) in [6.07, 6.45) is 2.84. The molecule has 2 aliphatic rings. The van der Waals surface area contributed by atoms with Crippen LogP contribution in [0, 0.1) is 0 Å². The summed E-state index contributed by atoms with van der Waals surface area (Å²) in [5, 5.41) is 11.6. The first-order valence-electron chi connectivity index (χ1n) is 11.1. The van der Waals surface area contributed by atoms with Crippen molar-refractivity contribution in [3.63, 3.8) is 0 Å². The van der Waals surface area contributed by atoms with Gasteiger partial charge in [0.05, 0.1) is 19.1 Å². The van der Waals surface area contributed by atoms with E-state index in [2.05, 4.69) is 28.2 Å². The van der Waals surface area contributed by atoms with Crippen molar-refractivity contribution in [2.75, 3.05) is 19.5 Å². The second-order valence-corrected chi connectivity index (χ2v) is 9.52. The lowest BCUT2D eigenvalue weighted by atomic mass is 10.1. The average molecular weight is 531 g/mol. The number of nitrogens with one attached hydrogen (secondary N) is 1. The van der Waals surface area contributed by atoms with Gasteiger partial charge in [-0.1, -0.05) is 65.7 Å². The molecule has 0 aliphatic carbocycles. The van der Waals surface area contributed by atoms with Crippen molar-refractivity contribution in [1.29, 1.82) is 0 Å². The fourth-order valence-electron chi connectivity index (χ4n) is 3.79. The Balaban J connectivity index is 1.82. The Hall–Kier alpha value is -2.52. The van der Waals surface area contributed by atoms with Crippen molar-refractivity contribution in [2.45, 2.75) is 39.3 Å². The van der Waals surface area contributed by atoms with Gasteiger partial charge in [-0.15, -0.1) is 5.10 Å². The number of carbonyl (C=O) groups excluding carboxylic acids is 1. The van der Waals surface area contributed by atoms with Gasteiger partial charge in [-0.25, -0.2) is 5.01 Å². The first kappa shape index (κ1) is 23.6. The number of hydrogen-bond donors (Lipinski definition) is 1. The van der Waals surface area contributed by atoms with Crippen LogP contribution in [0.1, 0.15) is 44.8 Å². The number of rotatable bonds is 8. The Morgan fingerprint density at radius 2 is 2.00 bits per heavy atom. The number of methoxy groups -OCH3 is 1. The Bertz CT molecular complexity index is 1200. The fraction of sp³-hybridized carbons (Fsp3) is 0.375. The van der Waals surface area contributed by atoms with E-state index in [1.165, 1.54) is 0 Å². The summed E-state index contributed by atoms with van der Waals surface area (Å²) in [5.74, 6) is 1.97. The Morgan fingerprint density at radius 1 is 1.18 bits per heavy atom. The van der Waals surface area contributed by atoms with E-state index < -0.39 is 6.17 Å². The number of hydrazone groups is 1. The quantitative estimate of drug-likeness (QED) is 0.523. The largest absolute Gasteiger partial charge is 0.493 e. The number of fused-ring (bicyclic) bond motifs is 2. The van der Waals surface area contributed by atoms with Crippen molar-refractivity contribution in [3.05, 3.63) is 57.0 Å². The number of unbranched alkanes of at least 4 members (excludes halogenated alkanes) is 2. The molecule has 7 nitrogen and oxygen atoms in total. The predicted molar refractivity (Wildman–Crippen MR) is 135 cm³/mol. The smallest absolute Gasteiger partial charge is 0.276 e. The molecule has 1 unspecified atom stereocenters. The van der Waals surface area contributed by atoms with Crippen LogP contribution in [0.4, 0.5) is 0 Å². The highest BCUT2D eigenvalue weighted by atomic mass is 79.9. The molecule has 33 heavy (non-hydrogen) atoms. The van der Waals surface area contributed by atoms with Gasteiger partial charge in [0.1, 0.15) is 5.70 Å². The van der Waals surface area contributed by atoms with Crippen LogP contribution in [0.15, 0.2) is 51.0 Å². The standard InChI is InChI=1S/C24H27BrN4O3S/c1-4-6-9-12-33-24-27-23(30)21-15-10-7-8-11-18(15)26-22(29(21)28-24)16-13-20(32-5-2)19(31-3)14-17(16)25/h7-8,10-11,13-14,22H,4-6,9,12H2,1-3H3,(H,27,28,30). The topological polar surface area (TPSA) is 75.5 Å². The molecule has 0 fully saturated rings. The Labute approximate surface area is 206 Å². The minimum Gasteiger partial charge on any atom is -0.493 e. The number of amidine groups is 1. The second-order valence-electron chi connectivity index (χ2n) is 7.59. The summed E-state index contributed by atoms with van der Waals surface area (Å²) >= 11 is 5.23. The number of halogens is 1. The molecule has 1 atom stereocenters. The monoisotopic (exact) mass is 530 g/mol. The lowest BCUT2D eigenvalue weighted by Gasteiger charge is -2.34. The van der Waals surface area contributed by atoms with E-state index in [-0.39, 0.29) is 5.91 Å². The van der Waals surface area contributed by atoms with Gasteiger partial charge >= 0.3 is 0 Å². The fourth-order valence-corrected chi connectivity index (χ4v) is 5.17. The molecular weight excluding hydrogens is 504 g/mol. The molecule has 0 aromatic heterocycles. The molecule has 0 spiro atoms. The molecule has 1 N–H and O–H groups in total. The number of carbonyl (C=O) groups is 1. The number of nitrogens with zero attached hydrogens (tertiary/aromatic N) is 3. The lowest BCUT2D eigenvalue weighted by molar-refractivity contribution is -0.116. The molecule has 2 aliphatic heterocycles. The third-order valence-electron chi connectivity index (χ3n) is 5.36. The highest BCUT2D eigenvalue weighted by molar-refractivity contribution is 9.10. The summed E-state index contributed by atoms with van der Waals surface area (Å²) in [5.41, 5.74) is 1.32. The van der Waals surface area contributed by atoms with Gasteiger partial charge in [0.25, 0.3) is 5.91 Å². The lowest BCUT2D eigenvalue weighted by Crippen LogP contribution is -2.50. The van der Waals surface area contributed by atoms with Crippen LogP contribution in [0.5, 0.6) is 11.5 Å². The number of benzene rings is 2. The third kappa shape index (κ3) is 4.89. The molecule has 2 aromatic carbocycles. The molecule has 0 bridgehead atoms. The van der Waals surface area contributed by atoms with Crippen molar-refractivity contribution in [2.24, 2.45) is 10.1 Å². The summed E-state index contributed by atoms with van der Waals surface area (Å²) in [7, 11) is 1.61. The third-order valence-corrected chi connectivity index (χ3v) is 7.00. The Kier molecular flexibility index (Phi) is 7.60. The van der Waals surface area contributed by atoms with Gasteiger partial charge in [-0.2, -0.15) is 0 Å². The molecule has 1 amide bonds. The molecule has 0 saturated carbocycles. The van der Waals surface area contributed by atoms with E-state index in [0.29, 0.717) is 29.0 Å². The molecule has 174 valence electrons. The van der Waals surface area contributed by atoms with Gasteiger partial charge in [0, 0.05) is 21.0 Å². The maximum absolute atomic E-state index is 13.2. The zero-order valence-electron chi connectivity index (χ0n) is 18.9. The van der Waals surface area contributed by atoms with Crippen molar-refractivity contribution in [3.8, 4) is 11.5 Å². The van der Waals surface area contributed by atoms with E-state index in [9.17, 15) is 4.79 Å². The molecule has 9 heteroatoms. The zero-order valence-corrected chi connectivity index (χ0v) is 21.3. The minimum atomic E-state index is -0.535. The second kappa shape index (κ2) is 10.6. The van der Waals surface area contributed by atoms with Crippen molar-refractivity contribution < 1.29 is 14.3 Å². The number of hydrogen-bond acceptors (Lipinski definition) is 7. The van der Waals surface area contributed by atoms with Crippen LogP contribution in [-0.2, 0) is 4.79 Å². The highest BCUT2D eigenvalue weighted by Gasteiger charge is 2.35. The molecule has 2 heterocycles. The van der Waals surface area contributed by atoms with E-state index in [1.807, 2.05) is 43.3 Å². The summed E-state index contributed by atoms with van der Waals surface area (Å²) in [4.78, 5) is 18.2. The van der Waals surface area contributed by atoms with Gasteiger partial charge in [0.2, 0.25) is 0 Å². The van der Waals surface area contributed by atoms with E-state index in [4.69, 9.17) is 19.6 Å². The maximum Gasteiger partial charge on any atom is 0.276 e. The zero-order chi connectivity index (χ0) is 23.4. The van der Waals surface area contributed by atoms with Crippen LogP contribution in [0.3, 0.4) is 0 Å². The SMILES string of the molecule is CCCCCSC1=NN2C(=c3ccccc3=NC2c2cc(OCC)c(OC)cc2Br)C(=O)N1. The molecule has 2 aromatic rings. The van der Waals surface area contributed by atoms with Crippen LogP contribution >= 0.6 is 27.7 Å². The molecule has 0 saturated heterocycles. The van der Waals surface area contributed by atoms with Gasteiger partial charge < -0.3 is 9.47 Å². The minimum absolute atomic E-state index is 0.176. The number of para-hydroxylation sites is 1. The average Bonchev–Trinajstić information content (AvgIpc) is 2.82. The molecule has 4 rings (SSSR count). The van der Waals surface area contributed by atoms with E-state index in [0.717, 1.165) is 45.6 Å². The normalized spacial score (nSPS) is 16.9.